The van der Waals surface area contributed by atoms with E-state index in [1.54, 1.807) is 0 Å². The van der Waals surface area contributed by atoms with Crippen molar-refractivity contribution in [2.24, 2.45) is 11.3 Å². The Hall–Kier alpha value is -0.920. The van der Waals surface area contributed by atoms with E-state index in [1.807, 2.05) is 19.0 Å². The van der Waals surface area contributed by atoms with Gasteiger partial charge in [-0.25, -0.2) is 0 Å². The highest BCUT2D eigenvalue weighted by atomic mass is 32.1. The van der Waals surface area contributed by atoms with Crippen LogP contribution in [0, 0.1) is 11.3 Å². The van der Waals surface area contributed by atoms with Gasteiger partial charge in [0.2, 0.25) is 11.1 Å². The second kappa shape index (κ2) is 7.76. The minimum atomic E-state index is -0.261. The van der Waals surface area contributed by atoms with E-state index >= 15 is 0 Å². The number of aliphatic hydroxyl groups is 1. The lowest BCUT2D eigenvalue weighted by Gasteiger charge is -2.49. The number of rotatable bonds is 5. The first-order valence-corrected chi connectivity index (χ1v) is 10.3. The number of nitrogens with zero attached hydrogens (tertiary/aromatic N) is 5. The maximum atomic E-state index is 10.5. The van der Waals surface area contributed by atoms with Crippen molar-refractivity contribution in [1.29, 1.82) is 0 Å². The summed E-state index contributed by atoms with van der Waals surface area (Å²) in [5, 5.41) is 11.5. The molecule has 7 heteroatoms. The van der Waals surface area contributed by atoms with Crippen LogP contribution >= 0.6 is 11.5 Å². The zero-order valence-corrected chi connectivity index (χ0v) is 16.9. The summed E-state index contributed by atoms with van der Waals surface area (Å²) < 4.78 is 4.43. The molecule has 3 heterocycles. The van der Waals surface area contributed by atoms with Gasteiger partial charge in [0.1, 0.15) is 0 Å². The lowest BCUT2D eigenvalue weighted by atomic mass is 9.71. The fraction of sp³-hybridized carbons (Fsp3) is 0.889. The van der Waals surface area contributed by atoms with Crippen molar-refractivity contribution < 1.29 is 5.11 Å². The van der Waals surface area contributed by atoms with Crippen molar-refractivity contribution in [3.8, 4) is 0 Å². The summed E-state index contributed by atoms with van der Waals surface area (Å²) in [6.45, 7) is 9.81. The number of piperidine rings is 2. The van der Waals surface area contributed by atoms with Crippen molar-refractivity contribution in [2.45, 2.75) is 45.6 Å². The minimum Gasteiger partial charge on any atom is -0.391 e. The van der Waals surface area contributed by atoms with E-state index in [1.165, 1.54) is 37.3 Å². The molecule has 2 aliphatic heterocycles. The Morgan fingerprint density at radius 3 is 2.64 bits per heavy atom. The molecule has 1 spiro atoms. The van der Waals surface area contributed by atoms with Crippen LogP contribution in [-0.4, -0.2) is 72.3 Å². The molecule has 6 nitrogen and oxygen atoms in total. The van der Waals surface area contributed by atoms with Gasteiger partial charge in [-0.05, 0) is 56.7 Å². The SMILES string of the molecule is CC(C)CCN1CCC2(CC1)CC(O)CN(c1nc(N(C)C)ns1)C2. The van der Waals surface area contributed by atoms with Crippen LogP contribution in [0.15, 0.2) is 0 Å². The van der Waals surface area contributed by atoms with Crippen LogP contribution in [0.3, 0.4) is 0 Å². The zero-order chi connectivity index (χ0) is 18.0. The number of hydrogen-bond donors (Lipinski definition) is 1. The monoisotopic (exact) mass is 367 g/mol. The van der Waals surface area contributed by atoms with Crippen LogP contribution < -0.4 is 9.80 Å². The van der Waals surface area contributed by atoms with Gasteiger partial charge in [-0.3, -0.25) is 0 Å². The van der Waals surface area contributed by atoms with Gasteiger partial charge in [0.15, 0.2) is 0 Å². The fourth-order valence-corrected chi connectivity index (χ4v) is 4.82. The van der Waals surface area contributed by atoms with Crippen molar-refractivity contribution in [2.75, 3.05) is 56.6 Å². The van der Waals surface area contributed by atoms with Gasteiger partial charge in [0.05, 0.1) is 6.10 Å². The predicted molar refractivity (Wildman–Crippen MR) is 105 cm³/mol. The molecule has 1 aromatic rings. The number of aliphatic hydroxyl groups excluding tert-OH is 1. The van der Waals surface area contributed by atoms with Crippen LogP contribution in [0.2, 0.25) is 0 Å². The number of aromatic nitrogens is 2. The van der Waals surface area contributed by atoms with Gasteiger partial charge in [-0.1, -0.05) is 13.8 Å². The highest BCUT2D eigenvalue weighted by molar-refractivity contribution is 7.09. The van der Waals surface area contributed by atoms with Gasteiger partial charge in [0.25, 0.3) is 0 Å². The van der Waals surface area contributed by atoms with Crippen LogP contribution in [0.1, 0.15) is 39.5 Å². The van der Waals surface area contributed by atoms with E-state index < -0.39 is 0 Å². The van der Waals surface area contributed by atoms with E-state index in [9.17, 15) is 5.11 Å². The zero-order valence-electron chi connectivity index (χ0n) is 16.1. The van der Waals surface area contributed by atoms with Gasteiger partial charge in [0, 0.05) is 38.7 Å². The second-order valence-electron chi connectivity index (χ2n) is 8.53. The van der Waals surface area contributed by atoms with E-state index in [-0.39, 0.29) is 11.5 Å². The van der Waals surface area contributed by atoms with Gasteiger partial charge in [-0.2, -0.15) is 9.36 Å². The molecule has 142 valence electrons. The Labute approximate surface area is 156 Å². The molecule has 2 aliphatic rings. The van der Waals surface area contributed by atoms with E-state index in [2.05, 4.69) is 33.0 Å². The Balaban J connectivity index is 1.62. The molecular weight excluding hydrogens is 334 g/mol. The lowest BCUT2D eigenvalue weighted by molar-refractivity contribution is 0.0257. The Bertz CT molecular complexity index is 553. The first kappa shape index (κ1) is 18.9. The first-order chi connectivity index (χ1) is 11.9. The van der Waals surface area contributed by atoms with E-state index in [0.29, 0.717) is 6.54 Å². The van der Waals surface area contributed by atoms with Gasteiger partial charge < -0.3 is 19.8 Å². The first-order valence-electron chi connectivity index (χ1n) is 9.53. The fourth-order valence-electron chi connectivity index (χ4n) is 4.07. The number of anilines is 2. The average Bonchev–Trinajstić information content (AvgIpc) is 3.04. The molecule has 1 aromatic heterocycles. The summed E-state index contributed by atoms with van der Waals surface area (Å²) in [6.07, 6.45) is 4.30. The highest BCUT2D eigenvalue weighted by Gasteiger charge is 2.42. The van der Waals surface area contributed by atoms with E-state index in [4.69, 9.17) is 0 Å². The summed E-state index contributed by atoms with van der Waals surface area (Å²) in [6, 6.07) is 0. The van der Waals surface area contributed by atoms with Crippen molar-refractivity contribution in [1.82, 2.24) is 14.3 Å². The van der Waals surface area contributed by atoms with Gasteiger partial charge >= 0.3 is 0 Å². The normalized spacial score (nSPS) is 24.2. The molecule has 1 atom stereocenters. The van der Waals surface area contributed by atoms with E-state index in [0.717, 1.165) is 43.1 Å². The lowest BCUT2D eigenvalue weighted by Crippen LogP contribution is -2.54. The summed E-state index contributed by atoms with van der Waals surface area (Å²) in [7, 11) is 3.93. The van der Waals surface area contributed by atoms with Crippen LogP contribution in [-0.2, 0) is 0 Å². The smallest absolute Gasteiger partial charge is 0.238 e. The topological polar surface area (TPSA) is 55.7 Å². The molecule has 3 rings (SSSR count). The van der Waals surface area contributed by atoms with Crippen LogP contribution in [0.5, 0.6) is 0 Å². The molecule has 1 N–H and O–H groups in total. The summed E-state index contributed by atoms with van der Waals surface area (Å²) in [5.41, 5.74) is 0.232. The molecular formula is C18H33N5OS. The number of likely N-dealkylation sites (tertiary alicyclic amines) is 1. The third-order valence-electron chi connectivity index (χ3n) is 5.64. The Kier molecular flexibility index (Phi) is 5.85. The largest absolute Gasteiger partial charge is 0.391 e. The second-order valence-corrected chi connectivity index (χ2v) is 9.26. The summed E-state index contributed by atoms with van der Waals surface area (Å²) >= 11 is 1.45. The predicted octanol–water partition coefficient (Wildman–Crippen LogP) is 2.30. The minimum absolute atomic E-state index is 0.232. The Morgan fingerprint density at radius 2 is 2.04 bits per heavy atom. The summed E-state index contributed by atoms with van der Waals surface area (Å²) in [4.78, 5) is 11.5. The highest BCUT2D eigenvalue weighted by Crippen LogP contribution is 2.41. The van der Waals surface area contributed by atoms with Crippen molar-refractivity contribution >= 4 is 22.6 Å². The summed E-state index contributed by atoms with van der Waals surface area (Å²) in [5.74, 6) is 1.53. The van der Waals surface area contributed by atoms with Gasteiger partial charge in [-0.15, -0.1) is 0 Å². The van der Waals surface area contributed by atoms with Crippen molar-refractivity contribution in [3.63, 3.8) is 0 Å². The maximum absolute atomic E-state index is 10.5. The molecule has 25 heavy (non-hydrogen) atoms. The molecule has 0 amide bonds. The molecule has 0 aromatic carbocycles. The molecule has 0 radical (unpaired) electrons. The third-order valence-corrected chi connectivity index (χ3v) is 6.41. The third kappa shape index (κ3) is 4.63. The standard InChI is InChI=1S/C18H33N5OS/c1-14(2)5-8-22-9-6-18(7-10-22)11-15(24)12-23(13-18)17-19-16(20-25-17)21(3)4/h14-15,24H,5-13H2,1-4H3. The molecule has 0 aliphatic carbocycles. The Morgan fingerprint density at radius 1 is 1.32 bits per heavy atom. The molecule has 0 bridgehead atoms. The van der Waals surface area contributed by atoms with Crippen LogP contribution in [0.25, 0.3) is 0 Å². The molecule has 1 unspecified atom stereocenters. The number of β-amino-alcohol motifs (C(OH)–C–C–N with tert-alkyl or cyclic N) is 1. The molecule has 2 fully saturated rings. The molecule has 0 saturated carbocycles. The van der Waals surface area contributed by atoms with Crippen LogP contribution in [0.4, 0.5) is 11.1 Å². The molecule has 2 saturated heterocycles. The quantitative estimate of drug-likeness (QED) is 0.862. The number of hydrogen-bond acceptors (Lipinski definition) is 7. The van der Waals surface area contributed by atoms with Crippen molar-refractivity contribution in [3.05, 3.63) is 0 Å². The average molecular weight is 368 g/mol. The maximum Gasteiger partial charge on any atom is 0.238 e.